The van der Waals surface area contributed by atoms with E-state index in [1.807, 2.05) is 6.07 Å². The van der Waals surface area contributed by atoms with Crippen molar-refractivity contribution >= 4 is 28.8 Å². The lowest BCUT2D eigenvalue weighted by molar-refractivity contribution is -0.394. The molecule has 1 N–H and O–H groups in total. The van der Waals surface area contributed by atoms with E-state index in [0.717, 1.165) is 18.2 Å². The highest BCUT2D eigenvalue weighted by Crippen LogP contribution is 2.57. The fourth-order valence-electron chi connectivity index (χ4n) is 4.49. The van der Waals surface area contributed by atoms with Crippen molar-refractivity contribution in [2.24, 2.45) is 22.9 Å². The zero-order valence-corrected chi connectivity index (χ0v) is 16.8. The van der Waals surface area contributed by atoms with Gasteiger partial charge in [-0.05, 0) is 0 Å². The van der Waals surface area contributed by atoms with Crippen LogP contribution >= 0.6 is 0 Å². The number of ketones is 1. The monoisotopic (exact) mass is 452 g/mol. The Kier molecular flexibility index (Phi) is 4.95. The molecule has 3 aliphatic rings. The maximum absolute atomic E-state index is 13.0. The number of carbonyl (C=O) groups is 2. The Balaban J connectivity index is 1.39. The van der Waals surface area contributed by atoms with Gasteiger partial charge in [-0.3, -0.25) is 29.8 Å². The Morgan fingerprint density at radius 3 is 2.30 bits per heavy atom. The molecule has 5 atom stereocenters. The summed E-state index contributed by atoms with van der Waals surface area (Å²) < 4.78 is 11.4. The molecular weight excluding hydrogens is 436 g/mol. The smallest absolute Gasteiger partial charge is 0.277 e. The van der Waals surface area contributed by atoms with Crippen LogP contribution in [0.2, 0.25) is 0 Å². The molecule has 0 aromatic heterocycles. The van der Waals surface area contributed by atoms with Crippen LogP contribution in [0.5, 0.6) is 0 Å². The summed E-state index contributed by atoms with van der Waals surface area (Å²) in [5.41, 5.74) is 1.69. The topological polar surface area (TPSA) is 163 Å². The summed E-state index contributed by atoms with van der Waals surface area (Å²) in [4.78, 5) is 46.1. The van der Waals surface area contributed by atoms with Gasteiger partial charge in [0.2, 0.25) is 0 Å². The van der Waals surface area contributed by atoms with E-state index in [2.05, 4.69) is 10.5 Å². The molecule has 2 aromatic carbocycles. The Morgan fingerprint density at radius 1 is 1.00 bits per heavy atom. The molecule has 0 unspecified atom stereocenters. The molecule has 2 saturated heterocycles. The second kappa shape index (κ2) is 7.83. The Bertz CT molecular complexity index is 1180. The third kappa shape index (κ3) is 3.64. The van der Waals surface area contributed by atoms with Crippen LogP contribution in [0.25, 0.3) is 0 Å². The van der Waals surface area contributed by atoms with Gasteiger partial charge in [0.05, 0.1) is 39.9 Å². The zero-order valence-electron chi connectivity index (χ0n) is 16.8. The van der Waals surface area contributed by atoms with E-state index >= 15 is 0 Å². The van der Waals surface area contributed by atoms with E-state index in [1.165, 1.54) is 0 Å². The van der Waals surface area contributed by atoms with Crippen molar-refractivity contribution in [3.63, 3.8) is 0 Å². The van der Waals surface area contributed by atoms with Crippen LogP contribution in [0.4, 0.5) is 11.4 Å². The zero-order chi connectivity index (χ0) is 23.3. The average Bonchev–Trinajstić information content (AvgIpc) is 3.42. The number of rotatable bonds is 6. The van der Waals surface area contributed by atoms with Gasteiger partial charge >= 0.3 is 0 Å². The van der Waals surface area contributed by atoms with Gasteiger partial charge in [-0.15, -0.1) is 0 Å². The SMILES string of the molecule is O=C(NN=C1[C@H]2OC[C@@H](O2)[C@@H]2[C@@H](C(=O)c3ccccc3)[C@H]12)c1cc([N+](=O)[O-])cc([N+](=O)[O-])c1. The van der Waals surface area contributed by atoms with Crippen molar-refractivity contribution in [2.45, 2.75) is 12.4 Å². The number of benzene rings is 2. The van der Waals surface area contributed by atoms with Crippen LogP contribution in [0.3, 0.4) is 0 Å². The van der Waals surface area contributed by atoms with Crippen LogP contribution < -0.4 is 5.43 Å². The second-order valence-electron chi connectivity index (χ2n) is 7.93. The van der Waals surface area contributed by atoms with Gasteiger partial charge < -0.3 is 9.47 Å². The van der Waals surface area contributed by atoms with Crippen molar-refractivity contribution < 1.29 is 28.9 Å². The molecule has 12 nitrogen and oxygen atoms in total. The molecule has 1 amide bonds. The minimum Gasteiger partial charge on any atom is -0.344 e. The molecule has 2 aliphatic heterocycles. The van der Waals surface area contributed by atoms with Crippen molar-refractivity contribution in [3.05, 3.63) is 79.9 Å². The first kappa shape index (κ1) is 20.8. The van der Waals surface area contributed by atoms with Crippen LogP contribution in [0.15, 0.2) is 53.6 Å². The number of nitrogens with one attached hydrogen (secondary N) is 1. The van der Waals surface area contributed by atoms with Gasteiger partial charge in [0.25, 0.3) is 17.3 Å². The molecule has 2 heterocycles. The summed E-state index contributed by atoms with van der Waals surface area (Å²) in [6.45, 7) is 0.300. The maximum atomic E-state index is 13.0. The van der Waals surface area contributed by atoms with Crippen LogP contribution in [0.1, 0.15) is 20.7 Å². The minimum absolute atomic E-state index is 0.0462. The third-order valence-electron chi connectivity index (χ3n) is 6.03. The maximum Gasteiger partial charge on any atom is 0.277 e. The number of Topliss-reactive ketones (excluding diaryl/α,β-unsaturated/α-hetero) is 1. The summed E-state index contributed by atoms with van der Waals surface area (Å²) in [5.74, 6) is -1.69. The lowest BCUT2D eigenvalue weighted by Gasteiger charge is -2.18. The second-order valence-corrected chi connectivity index (χ2v) is 7.93. The van der Waals surface area contributed by atoms with Crippen molar-refractivity contribution in [1.82, 2.24) is 5.43 Å². The molecule has 3 fully saturated rings. The molecule has 1 aliphatic carbocycles. The standard InChI is InChI=1S/C21H16N4O8/c26-19(10-4-2-1-3-5-10)17-15-14-9-32-21(33-14)18(16(15)17)22-23-20(27)11-6-12(24(28)29)8-13(7-11)25(30)31/h1-8,14-17,21H,9H2,(H,23,27)/t14-,15+,16-,17-,21+/m1/s1. The van der Waals surface area contributed by atoms with Gasteiger partial charge in [-0.25, -0.2) is 5.43 Å². The molecule has 5 rings (SSSR count). The first-order valence-corrected chi connectivity index (χ1v) is 10.0. The van der Waals surface area contributed by atoms with Crippen LogP contribution in [0, 0.1) is 38.0 Å². The molecule has 2 aromatic rings. The summed E-state index contributed by atoms with van der Waals surface area (Å²) >= 11 is 0. The Hall–Kier alpha value is -4.03. The number of ether oxygens (including phenoxy) is 2. The lowest BCUT2D eigenvalue weighted by Crippen LogP contribution is -2.33. The molecule has 168 valence electrons. The number of non-ortho nitro benzene ring substituents is 2. The highest BCUT2D eigenvalue weighted by molar-refractivity contribution is 6.07. The van der Waals surface area contributed by atoms with Crippen molar-refractivity contribution in [1.29, 1.82) is 0 Å². The van der Waals surface area contributed by atoms with Crippen molar-refractivity contribution in [3.8, 4) is 0 Å². The van der Waals surface area contributed by atoms with E-state index < -0.39 is 33.4 Å². The van der Waals surface area contributed by atoms with E-state index in [-0.39, 0.29) is 35.2 Å². The van der Waals surface area contributed by atoms with Gasteiger partial charge in [-0.2, -0.15) is 5.10 Å². The fourth-order valence-corrected chi connectivity index (χ4v) is 4.49. The molecule has 12 heteroatoms. The Morgan fingerprint density at radius 2 is 1.67 bits per heavy atom. The highest BCUT2D eigenvalue weighted by Gasteiger charge is 2.67. The number of fused-ring (bicyclic) bond motifs is 4. The van der Waals surface area contributed by atoms with E-state index in [9.17, 15) is 29.8 Å². The number of hydrogen-bond donors (Lipinski definition) is 1. The molecule has 2 bridgehead atoms. The third-order valence-corrected chi connectivity index (χ3v) is 6.03. The molecule has 0 spiro atoms. The average molecular weight is 452 g/mol. The van der Waals surface area contributed by atoms with E-state index in [1.54, 1.807) is 24.3 Å². The fraction of sp³-hybridized carbons (Fsp3) is 0.286. The number of amides is 1. The quantitative estimate of drug-likeness (QED) is 0.395. The largest absolute Gasteiger partial charge is 0.344 e. The van der Waals surface area contributed by atoms with Gasteiger partial charge in [0.1, 0.15) is 0 Å². The number of hydrazone groups is 1. The molecule has 0 radical (unpaired) electrons. The van der Waals surface area contributed by atoms with Crippen LogP contribution in [-0.2, 0) is 9.47 Å². The number of carbonyl (C=O) groups excluding carboxylic acids is 2. The van der Waals surface area contributed by atoms with E-state index in [4.69, 9.17) is 9.47 Å². The lowest BCUT2D eigenvalue weighted by atomic mass is 10.0. The molecule has 33 heavy (non-hydrogen) atoms. The number of hydrogen-bond acceptors (Lipinski definition) is 9. The first-order chi connectivity index (χ1) is 15.8. The summed E-state index contributed by atoms with van der Waals surface area (Å²) in [6, 6.07) is 11.4. The number of nitro benzene ring substituents is 2. The predicted molar refractivity (Wildman–Crippen MR) is 111 cm³/mol. The first-order valence-electron chi connectivity index (χ1n) is 10.0. The van der Waals surface area contributed by atoms with Crippen molar-refractivity contribution in [2.75, 3.05) is 6.61 Å². The van der Waals surface area contributed by atoms with Gasteiger partial charge in [0.15, 0.2) is 12.1 Å². The van der Waals surface area contributed by atoms with Gasteiger partial charge in [-0.1, -0.05) is 30.3 Å². The van der Waals surface area contributed by atoms with Gasteiger partial charge in [0, 0.05) is 35.4 Å². The predicted octanol–water partition coefficient (Wildman–Crippen LogP) is 2.09. The van der Waals surface area contributed by atoms with E-state index in [0.29, 0.717) is 17.9 Å². The highest BCUT2D eigenvalue weighted by atomic mass is 16.7. The summed E-state index contributed by atoms with van der Waals surface area (Å²) in [7, 11) is 0. The minimum atomic E-state index is -0.877. The molecular formula is C21H16N4O8. The normalized spacial score (nSPS) is 28.1. The number of nitro groups is 2. The van der Waals surface area contributed by atoms with Crippen LogP contribution in [-0.4, -0.2) is 46.2 Å². The summed E-state index contributed by atoms with van der Waals surface area (Å²) in [6.07, 6.45) is -1.06. The molecule has 1 saturated carbocycles. The number of nitrogens with zero attached hydrogens (tertiary/aromatic N) is 3. The summed E-state index contributed by atoms with van der Waals surface area (Å²) in [5, 5.41) is 26.2. The Labute approximate surface area is 185 Å².